The van der Waals surface area contributed by atoms with Gasteiger partial charge in [-0.2, -0.15) is 13.9 Å². The van der Waals surface area contributed by atoms with E-state index in [4.69, 9.17) is 16.7 Å². The Kier molecular flexibility index (Phi) is 6.69. The Balaban J connectivity index is 1.72. The normalized spacial score (nSPS) is 15.4. The number of aliphatic carboxylic acids is 1. The third kappa shape index (κ3) is 5.00. The topological polar surface area (TPSA) is 129 Å². The van der Waals surface area contributed by atoms with Crippen molar-refractivity contribution in [1.29, 1.82) is 0 Å². The van der Waals surface area contributed by atoms with Crippen molar-refractivity contribution in [3.63, 3.8) is 0 Å². The summed E-state index contributed by atoms with van der Waals surface area (Å²) in [6.45, 7) is 1.85. The van der Waals surface area contributed by atoms with Gasteiger partial charge in [0.25, 0.3) is 5.56 Å². The van der Waals surface area contributed by atoms with Gasteiger partial charge in [-0.3, -0.25) is 14.4 Å². The number of pyridine rings is 1. The van der Waals surface area contributed by atoms with Gasteiger partial charge in [0, 0.05) is 28.6 Å². The molecule has 198 valence electrons. The molecule has 1 aliphatic heterocycles. The van der Waals surface area contributed by atoms with E-state index in [1.54, 1.807) is 48.5 Å². The molecule has 2 aromatic heterocycles. The smallest absolute Gasteiger partial charge is 0.337 e. The molecule has 0 saturated carbocycles. The molecule has 1 atom stereocenters. The average molecular weight is 552 g/mol. The van der Waals surface area contributed by atoms with E-state index in [0.29, 0.717) is 32.1 Å². The number of alkyl halides is 2. The fraction of sp³-hybridized carbons (Fsp3) is 0.185. The number of benzene rings is 2. The Morgan fingerprint density at radius 3 is 2.49 bits per heavy atom. The van der Waals surface area contributed by atoms with Crippen LogP contribution in [-0.4, -0.2) is 48.6 Å². The molecule has 0 radical (unpaired) electrons. The fourth-order valence-electron chi connectivity index (χ4n) is 4.55. The molecule has 1 aliphatic rings. The van der Waals surface area contributed by atoms with Crippen molar-refractivity contribution in [2.24, 2.45) is 5.10 Å². The molecule has 0 spiro atoms. The van der Waals surface area contributed by atoms with Gasteiger partial charge in [0.1, 0.15) is 18.4 Å². The van der Waals surface area contributed by atoms with Crippen LogP contribution in [0.25, 0.3) is 22.2 Å². The number of hydrogen-bond donors (Lipinski definition) is 2. The van der Waals surface area contributed by atoms with Crippen LogP contribution in [0.2, 0.25) is 5.02 Å². The van der Waals surface area contributed by atoms with E-state index >= 15 is 0 Å². The molecule has 9 nitrogen and oxygen atoms in total. The number of carboxylic acids is 1. The molecule has 39 heavy (non-hydrogen) atoms. The largest absolute Gasteiger partial charge is 0.481 e. The predicted octanol–water partition coefficient (Wildman–Crippen LogP) is 4.73. The van der Waals surface area contributed by atoms with E-state index in [2.05, 4.69) is 20.1 Å². The molecule has 0 aliphatic carbocycles. The number of carbonyl (C=O) groups excluding carboxylic acids is 1. The van der Waals surface area contributed by atoms with E-state index in [0.717, 1.165) is 5.56 Å². The molecule has 2 aromatic carbocycles. The summed E-state index contributed by atoms with van der Waals surface area (Å²) in [6, 6.07) is 12.5. The van der Waals surface area contributed by atoms with Gasteiger partial charge < -0.3 is 10.1 Å². The minimum absolute atomic E-state index is 0.0496. The van der Waals surface area contributed by atoms with Crippen LogP contribution < -0.4 is 5.56 Å². The number of halogens is 3. The number of aryl methyl sites for hydroxylation is 1. The third-order valence-electron chi connectivity index (χ3n) is 6.38. The molecule has 0 fully saturated rings. The Morgan fingerprint density at radius 1 is 1.13 bits per heavy atom. The van der Waals surface area contributed by atoms with Crippen LogP contribution in [0.5, 0.6) is 0 Å². The zero-order chi connectivity index (χ0) is 27.9. The highest BCUT2D eigenvalue weighted by Gasteiger charge is 2.49. The highest BCUT2D eigenvalue weighted by atomic mass is 35.5. The monoisotopic (exact) mass is 551 g/mol. The maximum Gasteiger partial charge on any atom is 0.337 e. The lowest BCUT2D eigenvalue weighted by atomic mass is 9.92. The number of nitrogens with zero attached hydrogens (tertiary/aromatic N) is 4. The van der Waals surface area contributed by atoms with Gasteiger partial charge in [0.2, 0.25) is 0 Å². The van der Waals surface area contributed by atoms with Crippen molar-refractivity contribution in [2.75, 3.05) is 0 Å². The molecule has 3 heterocycles. The van der Waals surface area contributed by atoms with Crippen LogP contribution >= 0.6 is 11.6 Å². The number of aromatic amines is 1. The van der Waals surface area contributed by atoms with Crippen LogP contribution in [0.15, 0.2) is 71.0 Å². The number of rotatable bonds is 6. The summed E-state index contributed by atoms with van der Waals surface area (Å²) >= 11 is 6.07. The van der Waals surface area contributed by atoms with Crippen molar-refractivity contribution in [2.45, 2.75) is 31.7 Å². The molecular formula is C27H20ClF2N5O4. The van der Waals surface area contributed by atoms with Gasteiger partial charge in [0.15, 0.2) is 0 Å². The van der Waals surface area contributed by atoms with Gasteiger partial charge >= 0.3 is 17.8 Å². The van der Waals surface area contributed by atoms with Crippen LogP contribution in [0.4, 0.5) is 8.78 Å². The molecule has 1 amide bonds. The van der Waals surface area contributed by atoms with E-state index in [1.807, 2.05) is 6.92 Å². The Morgan fingerprint density at radius 2 is 1.82 bits per heavy atom. The van der Waals surface area contributed by atoms with Crippen LogP contribution in [0, 0.1) is 6.92 Å². The number of carbonyl (C=O) groups is 2. The Labute approximate surface area is 224 Å². The first-order valence-electron chi connectivity index (χ1n) is 11.7. The van der Waals surface area contributed by atoms with Crippen LogP contribution in [-0.2, 0) is 9.59 Å². The van der Waals surface area contributed by atoms with E-state index < -0.39 is 35.8 Å². The Bertz CT molecular complexity index is 1690. The van der Waals surface area contributed by atoms with Gasteiger partial charge in [-0.15, -0.1) is 0 Å². The van der Waals surface area contributed by atoms with Crippen molar-refractivity contribution in [1.82, 2.24) is 20.0 Å². The maximum atomic E-state index is 14.7. The van der Waals surface area contributed by atoms with Crippen molar-refractivity contribution in [3.8, 4) is 11.1 Å². The zero-order valence-electron chi connectivity index (χ0n) is 20.4. The van der Waals surface area contributed by atoms with E-state index in [9.17, 15) is 23.2 Å². The van der Waals surface area contributed by atoms with E-state index in [-0.39, 0.29) is 23.3 Å². The number of carboxylic acid groups (broad SMARTS) is 1. The first kappa shape index (κ1) is 26.1. The highest BCUT2D eigenvalue weighted by molar-refractivity contribution is 6.30. The number of hydrazone groups is 1. The van der Waals surface area contributed by atoms with Crippen molar-refractivity contribution >= 4 is 40.2 Å². The average Bonchev–Trinajstić information content (AvgIpc) is 3.32. The first-order chi connectivity index (χ1) is 18.5. The quantitative estimate of drug-likeness (QED) is 0.356. The minimum Gasteiger partial charge on any atom is -0.481 e. The van der Waals surface area contributed by atoms with Gasteiger partial charge in [-0.25, -0.2) is 15.0 Å². The van der Waals surface area contributed by atoms with E-state index in [1.165, 1.54) is 12.5 Å². The lowest BCUT2D eigenvalue weighted by Gasteiger charge is -2.25. The second kappa shape index (κ2) is 9.99. The minimum atomic E-state index is -4.23. The Hall–Kier alpha value is -4.51. The third-order valence-corrected chi connectivity index (χ3v) is 6.63. The second-order valence-corrected chi connectivity index (χ2v) is 9.53. The number of H-pyrrole nitrogens is 1. The molecule has 4 aromatic rings. The number of fused-ring (bicyclic) bond motifs is 1. The summed E-state index contributed by atoms with van der Waals surface area (Å²) in [5, 5.41) is 14.7. The summed E-state index contributed by atoms with van der Waals surface area (Å²) in [6.07, 6.45) is 0.996. The second-order valence-electron chi connectivity index (χ2n) is 9.10. The highest BCUT2D eigenvalue weighted by Crippen LogP contribution is 2.39. The van der Waals surface area contributed by atoms with Gasteiger partial charge in [-0.1, -0.05) is 53.6 Å². The number of amides is 1. The predicted molar refractivity (Wildman–Crippen MR) is 140 cm³/mol. The summed E-state index contributed by atoms with van der Waals surface area (Å²) in [4.78, 5) is 48.4. The molecule has 2 N–H and O–H groups in total. The lowest BCUT2D eigenvalue weighted by molar-refractivity contribution is -0.167. The van der Waals surface area contributed by atoms with Crippen LogP contribution in [0.1, 0.15) is 35.6 Å². The summed E-state index contributed by atoms with van der Waals surface area (Å²) in [7, 11) is 0. The molecule has 5 rings (SSSR count). The van der Waals surface area contributed by atoms with Crippen molar-refractivity contribution < 1.29 is 23.5 Å². The fourth-order valence-corrected chi connectivity index (χ4v) is 4.68. The molecule has 1 unspecified atom stereocenters. The summed E-state index contributed by atoms with van der Waals surface area (Å²) in [5.74, 6) is -7.84. The molecule has 12 heteroatoms. The lowest BCUT2D eigenvalue weighted by Crippen LogP contribution is -2.42. The zero-order valence-corrected chi connectivity index (χ0v) is 21.1. The first-order valence-corrected chi connectivity index (χ1v) is 12.1. The van der Waals surface area contributed by atoms with Gasteiger partial charge in [-0.05, 0) is 30.2 Å². The number of nitrogens with one attached hydrogen (secondary N) is 1. The van der Waals surface area contributed by atoms with Gasteiger partial charge in [0.05, 0.1) is 17.3 Å². The molecular weight excluding hydrogens is 532 g/mol. The molecule has 0 bridgehead atoms. The molecule has 0 saturated heterocycles. The number of aromatic nitrogens is 3. The summed E-state index contributed by atoms with van der Waals surface area (Å²) in [5.41, 5.74) is 2.12. The standard InChI is InChI=1S/C27H20ClF2N5O4/c1-14-2-4-15(5-3-14)20-10-19(34-35(20)26(39)27(29,30)11-21(36)37)23-22(16-6-8-17(28)9-7-16)18-12-31-13-32-24(18)33-25(23)38/h2-9,12-13,20H,10-11H2,1H3,(H,36,37)(H,31,32,33,38). The van der Waals surface area contributed by atoms with Crippen molar-refractivity contribution in [3.05, 3.63) is 93.1 Å². The summed E-state index contributed by atoms with van der Waals surface area (Å²) < 4.78 is 29.5. The maximum absolute atomic E-state index is 14.7. The number of hydrogen-bond acceptors (Lipinski definition) is 6. The van der Waals surface area contributed by atoms with Crippen LogP contribution in [0.3, 0.4) is 0 Å². The SMILES string of the molecule is Cc1ccc(C2CC(c3c(-c4ccc(Cl)cc4)c4cncnc4[nH]c3=O)=NN2C(=O)C(F)(F)CC(=O)O)cc1.